The van der Waals surface area contributed by atoms with Crippen LogP contribution in [0.2, 0.25) is 0 Å². The molecule has 2 aliphatic heterocycles. The lowest BCUT2D eigenvalue weighted by molar-refractivity contribution is 0.0221. The van der Waals surface area contributed by atoms with Crippen molar-refractivity contribution in [2.75, 3.05) is 6.54 Å². The number of rotatable bonds is 2. The number of piperidine rings is 1. The first-order valence-corrected chi connectivity index (χ1v) is 10.8. The molecule has 0 aliphatic carbocycles. The van der Waals surface area contributed by atoms with Gasteiger partial charge in [0.15, 0.2) is 5.69 Å². The topological polar surface area (TPSA) is 88.5 Å². The molecule has 1 aromatic heterocycles. The van der Waals surface area contributed by atoms with Gasteiger partial charge < -0.3 is 20.3 Å². The summed E-state index contributed by atoms with van der Waals surface area (Å²) in [6.07, 6.45) is 1.99. The molecule has 0 unspecified atom stereocenters. The summed E-state index contributed by atoms with van der Waals surface area (Å²) in [4.78, 5) is 27.4. The van der Waals surface area contributed by atoms with Gasteiger partial charge in [-0.1, -0.05) is 0 Å². The highest BCUT2D eigenvalue weighted by Gasteiger charge is 2.39. The van der Waals surface area contributed by atoms with Crippen LogP contribution in [-0.2, 0) is 24.8 Å². The largest absolute Gasteiger partial charge is 0.444 e. The molecule has 0 atom stereocenters. The average molecular weight is 420 g/mol. The van der Waals surface area contributed by atoms with Crippen LogP contribution in [0.5, 0.6) is 0 Å². The summed E-state index contributed by atoms with van der Waals surface area (Å²) >= 11 is 0. The molecule has 168 valence electrons. The van der Waals surface area contributed by atoms with E-state index in [1.54, 1.807) is 9.58 Å². The summed E-state index contributed by atoms with van der Waals surface area (Å²) in [6.45, 7) is 15.1. The molecule has 0 aromatic carbocycles. The Morgan fingerprint density at radius 3 is 2.33 bits per heavy atom. The van der Waals surface area contributed by atoms with Gasteiger partial charge in [0.25, 0.3) is 5.91 Å². The molecule has 2 N–H and O–H groups in total. The second-order valence-corrected chi connectivity index (χ2v) is 11.0. The monoisotopic (exact) mass is 419 g/mol. The Morgan fingerprint density at radius 2 is 1.77 bits per heavy atom. The summed E-state index contributed by atoms with van der Waals surface area (Å²) in [6, 6.07) is 0.0620. The third kappa shape index (κ3) is 5.14. The molecule has 0 saturated carbocycles. The van der Waals surface area contributed by atoms with Gasteiger partial charge in [0.1, 0.15) is 5.60 Å². The number of carbonyl (C=O) groups excluding carboxylic acids is 2. The molecule has 8 heteroatoms. The third-order valence-electron chi connectivity index (χ3n) is 5.63. The van der Waals surface area contributed by atoms with Gasteiger partial charge in [-0.05, 0) is 61.3 Å². The van der Waals surface area contributed by atoms with Gasteiger partial charge in [0.05, 0.1) is 6.54 Å². The minimum absolute atomic E-state index is 0.0588. The number of hydrogen-bond acceptors (Lipinski definition) is 5. The highest BCUT2D eigenvalue weighted by molar-refractivity contribution is 5.94. The first kappa shape index (κ1) is 22.6. The lowest BCUT2D eigenvalue weighted by Crippen LogP contribution is -2.62. The van der Waals surface area contributed by atoms with Crippen molar-refractivity contribution in [2.24, 2.45) is 7.05 Å². The Morgan fingerprint density at radius 1 is 1.17 bits per heavy atom. The minimum atomic E-state index is -0.554. The van der Waals surface area contributed by atoms with Crippen molar-refractivity contribution >= 4 is 12.0 Å². The highest BCUT2D eigenvalue weighted by atomic mass is 16.6. The number of amides is 2. The maximum atomic E-state index is 13.2. The second kappa shape index (κ2) is 7.55. The van der Waals surface area contributed by atoms with Crippen molar-refractivity contribution in [3.05, 3.63) is 17.0 Å². The van der Waals surface area contributed by atoms with E-state index < -0.39 is 5.60 Å². The number of aryl methyl sites for hydroxylation is 1. The SMILES string of the molecule is Cn1nc(C(=O)NC2CC(C)(C)NC(C)(C)C2)c2c1CCN(C(=O)OC(C)(C)C)C2. The zero-order valence-corrected chi connectivity index (χ0v) is 19.7. The van der Waals surface area contributed by atoms with Crippen LogP contribution in [-0.4, -0.2) is 55.9 Å². The molecule has 2 aliphatic rings. The molecule has 2 amide bonds. The molecule has 3 rings (SSSR count). The second-order valence-electron chi connectivity index (χ2n) is 11.0. The third-order valence-corrected chi connectivity index (χ3v) is 5.63. The standard InChI is InChI=1S/C22H37N5O3/c1-20(2,3)30-19(29)27-10-9-16-15(13-27)17(24-26(16)8)18(28)23-14-11-21(4,5)25-22(6,7)12-14/h14,25H,9-13H2,1-8H3,(H,23,28). The van der Waals surface area contributed by atoms with Gasteiger partial charge in [-0.3, -0.25) is 9.48 Å². The maximum Gasteiger partial charge on any atom is 0.410 e. The van der Waals surface area contributed by atoms with E-state index in [1.165, 1.54) is 0 Å². The Kier molecular flexibility index (Phi) is 5.69. The molecule has 0 radical (unpaired) electrons. The Bertz CT molecular complexity index is 819. The number of hydrogen-bond donors (Lipinski definition) is 2. The van der Waals surface area contributed by atoms with Crippen LogP contribution in [0, 0.1) is 0 Å². The average Bonchev–Trinajstić information content (AvgIpc) is 2.87. The number of nitrogens with one attached hydrogen (secondary N) is 2. The molecule has 1 saturated heterocycles. The fourth-order valence-corrected chi connectivity index (χ4v) is 4.94. The van der Waals surface area contributed by atoms with Crippen molar-refractivity contribution < 1.29 is 14.3 Å². The molecular formula is C22H37N5O3. The molecule has 30 heavy (non-hydrogen) atoms. The molecule has 1 fully saturated rings. The van der Waals surface area contributed by atoms with E-state index in [-0.39, 0.29) is 29.1 Å². The van der Waals surface area contributed by atoms with Gasteiger partial charge in [0.2, 0.25) is 0 Å². The van der Waals surface area contributed by atoms with E-state index in [1.807, 2.05) is 27.8 Å². The number of aromatic nitrogens is 2. The van der Waals surface area contributed by atoms with Crippen molar-refractivity contribution in [3.8, 4) is 0 Å². The lowest BCUT2D eigenvalue weighted by atomic mass is 9.79. The zero-order chi connectivity index (χ0) is 22.5. The van der Waals surface area contributed by atoms with Crippen molar-refractivity contribution in [2.45, 2.75) is 97.0 Å². The van der Waals surface area contributed by atoms with Crippen molar-refractivity contribution in [1.82, 2.24) is 25.3 Å². The number of fused-ring (bicyclic) bond motifs is 1. The first-order chi connectivity index (χ1) is 13.7. The Hall–Kier alpha value is -2.09. The zero-order valence-electron chi connectivity index (χ0n) is 19.7. The van der Waals surface area contributed by atoms with Gasteiger partial charge in [-0.25, -0.2) is 4.79 Å². The van der Waals surface area contributed by atoms with E-state index in [0.29, 0.717) is 25.2 Å². The normalized spacial score (nSPS) is 21.1. The quantitative estimate of drug-likeness (QED) is 0.770. The van der Waals surface area contributed by atoms with Gasteiger partial charge in [0, 0.05) is 48.4 Å². The smallest absolute Gasteiger partial charge is 0.410 e. The highest BCUT2D eigenvalue weighted by Crippen LogP contribution is 2.29. The number of carbonyl (C=O) groups is 2. The fourth-order valence-electron chi connectivity index (χ4n) is 4.94. The predicted molar refractivity (Wildman–Crippen MR) is 115 cm³/mol. The van der Waals surface area contributed by atoms with Gasteiger partial charge in [-0.15, -0.1) is 0 Å². The summed E-state index contributed by atoms with van der Waals surface area (Å²) in [7, 11) is 1.86. The predicted octanol–water partition coefficient (Wildman–Crippen LogP) is 2.75. The summed E-state index contributed by atoms with van der Waals surface area (Å²) in [5.74, 6) is -0.170. The van der Waals surface area contributed by atoms with E-state index in [2.05, 4.69) is 43.4 Å². The van der Waals surface area contributed by atoms with Gasteiger partial charge >= 0.3 is 6.09 Å². The molecule has 3 heterocycles. The maximum absolute atomic E-state index is 13.2. The molecule has 0 spiro atoms. The molecule has 1 aromatic rings. The van der Waals surface area contributed by atoms with Crippen LogP contribution in [0.25, 0.3) is 0 Å². The first-order valence-electron chi connectivity index (χ1n) is 10.8. The van der Waals surface area contributed by atoms with Crippen LogP contribution < -0.4 is 10.6 Å². The summed E-state index contributed by atoms with van der Waals surface area (Å²) < 4.78 is 7.29. The van der Waals surface area contributed by atoms with Crippen molar-refractivity contribution in [3.63, 3.8) is 0 Å². The molecule has 0 bridgehead atoms. The Balaban J connectivity index is 1.77. The van der Waals surface area contributed by atoms with E-state index >= 15 is 0 Å². The van der Waals surface area contributed by atoms with Crippen LogP contribution in [0.15, 0.2) is 0 Å². The van der Waals surface area contributed by atoms with Crippen LogP contribution in [0.3, 0.4) is 0 Å². The lowest BCUT2D eigenvalue weighted by Gasteiger charge is -2.46. The van der Waals surface area contributed by atoms with Crippen LogP contribution in [0.4, 0.5) is 4.79 Å². The van der Waals surface area contributed by atoms with Crippen molar-refractivity contribution in [1.29, 1.82) is 0 Å². The number of nitrogens with zero attached hydrogens (tertiary/aromatic N) is 3. The van der Waals surface area contributed by atoms with E-state index in [9.17, 15) is 9.59 Å². The summed E-state index contributed by atoms with van der Waals surface area (Å²) in [5, 5.41) is 11.3. The fraction of sp³-hybridized carbons (Fsp3) is 0.773. The van der Waals surface area contributed by atoms with E-state index in [0.717, 1.165) is 24.1 Å². The molecular weight excluding hydrogens is 382 g/mol. The van der Waals surface area contributed by atoms with Crippen LogP contribution in [0.1, 0.15) is 83.1 Å². The number of ether oxygens (including phenoxy) is 1. The Labute approximate surface area is 179 Å². The van der Waals surface area contributed by atoms with E-state index in [4.69, 9.17) is 4.74 Å². The van der Waals surface area contributed by atoms with Gasteiger partial charge in [-0.2, -0.15) is 5.10 Å². The minimum Gasteiger partial charge on any atom is -0.444 e. The summed E-state index contributed by atoms with van der Waals surface area (Å²) in [5.41, 5.74) is 1.56. The van der Waals surface area contributed by atoms with Crippen LogP contribution >= 0.6 is 0 Å². The molecule has 8 nitrogen and oxygen atoms in total.